The minimum absolute atomic E-state index is 0.145. The largest absolute Gasteiger partial charge is 0.381 e. The van der Waals surface area contributed by atoms with Crippen molar-refractivity contribution < 1.29 is 9.53 Å². The van der Waals surface area contributed by atoms with Crippen molar-refractivity contribution >= 4 is 27.5 Å². The van der Waals surface area contributed by atoms with Crippen LogP contribution in [0, 0.1) is 0 Å². The molecule has 2 aromatic carbocycles. The fourth-order valence-corrected chi connectivity index (χ4v) is 4.94. The summed E-state index contributed by atoms with van der Waals surface area (Å²) >= 11 is 3.50. The highest BCUT2D eigenvalue weighted by Gasteiger charge is 2.41. The molecule has 0 bridgehead atoms. The number of piperazine rings is 1. The molecule has 4 rings (SSSR count). The van der Waals surface area contributed by atoms with Gasteiger partial charge < -0.3 is 15.0 Å². The maximum atomic E-state index is 13.3. The van der Waals surface area contributed by atoms with Gasteiger partial charge in [-0.05, 0) is 55.6 Å². The first-order valence-corrected chi connectivity index (χ1v) is 12.1. The monoisotopic (exact) mass is 485 g/mol. The number of hydrogen-bond donors (Lipinski definition) is 1. The fraction of sp³-hybridized carbons (Fsp3) is 0.480. The predicted octanol–water partition coefficient (Wildman–Crippen LogP) is 3.83. The number of carbonyl (C=O) groups excluding carboxylic acids is 1. The second-order valence-electron chi connectivity index (χ2n) is 8.48. The van der Waals surface area contributed by atoms with Gasteiger partial charge in [-0.15, -0.1) is 0 Å². The van der Waals surface area contributed by atoms with Gasteiger partial charge in [0.15, 0.2) is 0 Å². The van der Waals surface area contributed by atoms with E-state index in [4.69, 9.17) is 4.74 Å². The van der Waals surface area contributed by atoms with E-state index in [9.17, 15) is 4.79 Å². The molecule has 2 fully saturated rings. The smallest absolute Gasteiger partial charge is 0.230 e. The van der Waals surface area contributed by atoms with E-state index in [1.807, 2.05) is 12.1 Å². The van der Waals surface area contributed by atoms with Crippen LogP contribution in [0.15, 0.2) is 59.1 Å². The number of nitrogens with one attached hydrogen (secondary N) is 1. The van der Waals surface area contributed by atoms with Gasteiger partial charge in [-0.1, -0.05) is 46.3 Å². The Morgan fingerprint density at radius 3 is 2.32 bits per heavy atom. The van der Waals surface area contributed by atoms with Crippen LogP contribution in [0.25, 0.3) is 0 Å². The molecule has 0 unspecified atom stereocenters. The molecule has 6 heteroatoms. The molecular formula is C25H32BrN3O2. The van der Waals surface area contributed by atoms with Crippen LogP contribution in [0.2, 0.25) is 0 Å². The summed E-state index contributed by atoms with van der Waals surface area (Å²) < 4.78 is 6.60. The lowest BCUT2D eigenvalue weighted by Crippen LogP contribution is -2.49. The maximum absolute atomic E-state index is 13.3. The summed E-state index contributed by atoms with van der Waals surface area (Å²) in [6, 6.07) is 18.8. The van der Waals surface area contributed by atoms with E-state index in [-0.39, 0.29) is 5.91 Å². The molecular weight excluding hydrogens is 454 g/mol. The molecule has 0 atom stereocenters. The second-order valence-corrected chi connectivity index (χ2v) is 9.39. The molecule has 2 aliphatic heterocycles. The third kappa shape index (κ3) is 5.48. The fourth-order valence-electron chi connectivity index (χ4n) is 4.68. The number of carbonyl (C=O) groups is 1. The zero-order valence-electron chi connectivity index (χ0n) is 18.1. The van der Waals surface area contributed by atoms with Crippen LogP contribution in [0.1, 0.15) is 24.8 Å². The minimum atomic E-state index is -0.472. The van der Waals surface area contributed by atoms with Crippen molar-refractivity contribution in [1.82, 2.24) is 10.2 Å². The Kier molecular flexibility index (Phi) is 7.64. The lowest BCUT2D eigenvalue weighted by molar-refractivity contribution is -0.130. The number of anilines is 1. The molecule has 2 aliphatic rings. The lowest BCUT2D eigenvalue weighted by atomic mass is 9.73. The van der Waals surface area contributed by atoms with E-state index in [1.165, 1.54) is 5.69 Å². The van der Waals surface area contributed by atoms with Gasteiger partial charge >= 0.3 is 0 Å². The van der Waals surface area contributed by atoms with Crippen molar-refractivity contribution in [2.45, 2.75) is 24.7 Å². The van der Waals surface area contributed by atoms with Crippen molar-refractivity contribution in [3.8, 4) is 0 Å². The van der Waals surface area contributed by atoms with Crippen LogP contribution in [0.4, 0.5) is 5.69 Å². The molecule has 0 spiro atoms. The van der Waals surface area contributed by atoms with Crippen LogP contribution in [0.5, 0.6) is 0 Å². The summed E-state index contributed by atoms with van der Waals surface area (Å²) in [5, 5.41) is 3.24. The number of hydrogen-bond acceptors (Lipinski definition) is 4. The third-order valence-corrected chi connectivity index (χ3v) is 7.14. The molecule has 5 nitrogen and oxygen atoms in total. The zero-order chi connectivity index (χ0) is 21.5. The van der Waals surface area contributed by atoms with Crippen LogP contribution < -0.4 is 10.2 Å². The van der Waals surface area contributed by atoms with Crippen molar-refractivity contribution in [3.63, 3.8) is 0 Å². The molecule has 0 radical (unpaired) electrons. The van der Waals surface area contributed by atoms with Crippen LogP contribution in [-0.4, -0.2) is 63.3 Å². The summed E-state index contributed by atoms with van der Waals surface area (Å²) in [4.78, 5) is 18.2. The Bertz CT molecular complexity index is 830. The van der Waals surface area contributed by atoms with E-state index in [1.54, 1.807) is 0 Å². The highest BCUT2D eigenvalue weighted by Crippen LogP contribution is 2.35. The molecule has 0 saturated carbocycles. The maximum Gasteiger partial charge on any atom is 0.230 e. The Balaban J connectivity index is 1.24. The molecule has 0 aromatic heterocycles. The molecule has 2 heterocycles. The summed E-state index contributed by atoms with van der Waals surface area (Å²) in [7, 11) is 0. The molecule has 1 N–H and O–H groups in total. The quantitative estimate of drug-likeness (QED) is 0.605. The predicted molar refractivity (Wildman–Crippen MR) is 129 cm³/mol. The van der Waals surface area contributed by atoms with Crippen LogP contribution in [0.3, 0.4) is 0 Å². The zero-order valence-corrected chi connectivity index (χ0v) is 19.6. The molecule has 2 saturated heterocycles. The Hall–Kier alpha value is -1.89. The van der Waals surface area contributed by atoms with Gasteiger partial charge in [0.2, 0.25) is 5.91 Å². The van der Waals surface area contributed by atoms with Crippen molar-refractivity contribution in [2.24, 2.45) is 0 Å². The lowest BCUT2D eigenvalue weighted by Gasteiger charge is -2.37. The first kappa shape index (κ1) is 22.3. The average Bonchev–Trinajstić information content (AvgIpc) is 2.83. The molecule has 31 heavy (non-hydrogen) atoms. The highest BCUT2D eigenvalue weighted by atomic mass is 79.9. The first-order chi connectivity index (χ1) is 15.2. The van der Waals surface area contributed by atoms with Gasteiger partial charge in [0.05, 0.1) is 5.41 Å². The second kappa shape index (κ2) is 10.6. The minimum Gasteiger partial charge on any atom is -0.381 e. The van der Waals surface area contributed by atoms with Crippen molar-refractivity contribution in [3.05, 3.63) is 64.6 Å². The molecule has 2 aromatic rings. The van der Waals surface area contributed by atoms with Crippen molar-refractivity contribution in [2.75, 3.05) is 57.4 Å². The average molecular weight is 486 g/mol. The molecule has 0 aliphatic carbocycles. The number of para-hydroxylation sites is 1. The third-order valence-electron chi connectivity index (χ3n) is 6.61. The van der Waals surface area contributed by atoms with Gasteiger partial charge in [0.25, 0.3) is 0 Å². The Morgan fingerprint density at radius 1 is 0.968 bits per heavy atom. The van der Waals surface area contributed by atoms with Gasteiger partial charge in [-0.25, -0.2) is 0 Å². The number of halogens is 1. The number of ether oxygens (including phenoxy) is 1. The Morgan fingerprint density at radius 2 is 1.65 bits per heavy atom. The summed E-state index contributed by atoms with van der Waals surface area (Å²) in [6.45, 7) is 7.27. The summed E-state index contributed by atoms with van der Waals surface area (Å²) in [6.07, 6.45) is 2.45. The first-order valence-electron chi connectivity index (χ1n) is 11.3. The van der Waals surface area contributed by atoms with Gasteiger partial charge in [-0.3, -0.25) is 9.69 Å². The number of amides is 1. The number of benzene rings is 2. The van der Waals surface area contributed by atoms with E-state index in [0.29, 0.717) is 13.2 Å². The van der Waals surface area contributed by atoms with E-state index in [0.717, 1.165) is 68.6 Å². The Labute approximate surface area is 193 Å². The SMILES string of the molecule is O=C(NCCCN1CCN(c2ccccc2)CC1)C1(c2ccc(Br)cc2)CCOCC1. The molecule has 166 valence electrons. The van der Waals surface area contributed by atoms with Gasteiger partial charge in [-0.2, -0.15) is 0 Å². The topological polar surface area (TPSA) is 44.8 Å². The summed E-state index contributed by atoms with van der Waals surface area (Å²) in [5.74, 6) is 0.145. The number of nitrogens with zero attached hydrogens (tertiary/aromatic N) is 2. The van der Waals surface area contributed by atoms with Gasteiger partial charge in [0, 0.05) is 56.1 Å². The normalized spacial score (nSPS) is 19.2. The van der Waals surface area contributed by atoms with Crippen LogP contribution in [-0.2, 0) is 14.9 Å². The van der Waals surface area contributed by atoms with Crippen molar-refractivity contribution in [1.29, 1.82) is 0 Å². The summed E-state index contributed by atoms with van der Waals surface area (Å²) in [5.41, 5.74) is 1.93. The molecule has 1 amide bonds. The standard InChI is InChI=1S/C25H32BrN3O2/c26-22-9-7-21(8-10-22)25(11-19-31-20-12-25)24(30)27-13-4-14-28-15-17-29(18-16-28)23-5-2-1-3-6-23/h1-3,5-10H,4,11-20H2,(H,27,30). The van der Waals surface area contributed by atoms with E-state index < -0.39 is 5.41 Å². The van der Waals surface area contributed by atoms with Crippen LogP contribution >= 0.6 is 15.9 Å². The van der Waals surface area contributed by atoms with E-state index in [2.05, 4.69) is 73.5 Å². The highest BCUT2D eigenvalue weighted by molar-refractivity contribution is 9.10. The van der Waals surface area contributed by atoms with Gasteiger partial charge in [0.1, 0.15) is 0 Å². The number of rotatable bonds is 7. The van der Waals surface area contributed by atoms with E-state index >= 15 is 0 Å².